The number of aliphatic hydroxyl groups excluding tert-OH is 1. The molecule has 0 radical (unpaired) electrons. The number of nitrogens with zero attached hydrogens (tertiary/aromatic N) is 1. The van der Waals surface area contributed by atoms with Gasteiger partial charge in [0.25, 0.3) is 11.6 Å². The first-order valence-electron chi connectivity index (χ1n) is 7.03. The van der Waals surface area contributed by atoms with Crippen LogP contribution in [0.25, 0.3) is 5.57 Å². The summed E-state index contributed by atoms with van der Waals surface area (Å²) in [6.07, 6.45) is -1.22. The van der Waals surface area contributed by atoms with E-state index in [1.54, 1.807) is 24.3 Å². The van der Waals surface area contributed by atoms with E-state index in [9.17, 15) is 20.0 Å². The van der Waals surface area contributed by atoms with Crippen LogP contribution in [0.3, 0.4) is 0 Å². The molecule has 1 unspecified atom stereocenters. The Kier molecular flexibility index (Phi) is 5.33. The third-order valence-corrected chi connectivity index (χ3v) is 3.70. The van der Waals surface area contributed by atoms with Crippen molar-refractivity contribution in [2.24, 2.45) is 0 Å². The number of amides is 1. The Balaban J connectivity index is 2.54. The predicted octanol–water partition coefficient (Wildman–Crippen LogP) is 3.63. The van der Waals surface area contributed by atoms with Crippen molar-refractivity contribution >= 4 is 34.5 Å². The van der Waals surface area contributed by atoms with E-state index in [4.69, 9.17) is 11.6 Å². The molecular weight excluding hydrogens is 332 g/mol. The van der Waals surface area contributed by atoms with Gasteiger partial charge in [-0.2, -0.15) is 0 Å². The number of carbonyl (C=O) groups excluding carboxylic acids is 1. The lowest BCUT2D eigenvalue weighted by atomic mass is 9.97. The Hall–Kier alpha value is -2.70. The predicted molar refractivity (Wildman–Crippen MR) is 93.0 cm³/mol. The lowest BCUT2D eigenvalue weighted by Gasteiger charge is -2.15. The minimum absolute atomic E-state index is 0.145. The highest BCUT2D eigenvalue weighted by molar-refractivity contribution is 6.32. The summed E-state index contributed by atoms with van der Waals surface area (Å²) >= 11 is 6.16. The molecule has 7 heteroatoms. The molecule has 2 N–H and O–H groups in total. The molecule has 0 spiro atoms. The molecule has 0 bridgehead atoms. The monoisotopic (exact) mass is 346 g/mol. The van der Waals surface area contributed by atoms with Gasteiger partial charge in [-0.15, -0.1) is 0 Å². The number of non-ortho nitro benzene ring substituents is 1. The molecule has 0 saturated heterocycles. The molecule has 6 nitrogen and oxygen atoms in total. The molecule has 1 amide bonds. The average molecular weight is 347 g/mol. The molecule has 0 heterocycles. The quantitative estimate of drug-likeness (QED) is 0.638. The smallest absolute Gasteiger partial charge is 0.270 e. The summed E-state index contributed by atoms with van der Waals surface area (Å²) in [6, 6.07) is 10.9. The normalized spacial score (nSPS) is 11.6. The second-order valence-electron chi connectivity index (χ2n) is 5.11. The van der Waals surface area contributed by atoms with Crippen molar-refractivity contribution in [1.29, 1.82) is 0 Å². The number of carbonyl (C=O) groups is 1. The molecule has 0 aliphatic rings. The van der Waals surface area contributed by atoms with Gasteiger partial charge in [0.1, 0.15) is 6.10 Å². The van der Waals surface area contributed by atoms with E-state index >= 15 is 0 Å². The number of rotatable bonds is 5. The maximum absolute atomic E-state index is 11.8. The average Bonchev–Trinajstić information content (AvgIpc) is 2.54. The van der Waals surface area contributed by atoms with E-state index in [-0.39, 0.29) is 5.69 Å². The first-order chi connectivity index (χ1) is 11.3. The first kappa shape index (κ1) is 17.7. The fourth-order valence-electron chi connectivity index (χ4n) is 2.09. The van der Waals surface area contributed by atoms with Crippen molar-refractivity contribution in [2.45, 2.75) is 13.0 Å². The van der Waals surface area contributed by atoms with Crippen LogP contribution in [-0.2, 0) is 4.79 Å². The van der Waals surface area contributed by atoms with E-state index in [1.807, 2.05) is 0 Å². The second kappa shape index (κ2) is 7.25. The Bertz CT molecular complexity index is 818. The Morgan fingerprint density at radius 3 is 2.54 bits per heavy atom. The number of benzene rings is 2. The van der Waals surface area contributed by atoms with E-state index in [0.717, 1.165) is 0 Å². The van der Waals surface area contributed by atoms with Gasteiger partial charge in [0.2, 0.25) is 0 Å². The third-order valence-electron chi connectivity index (χ3n) is 3.38. The summed E-state index contributed by atoms with van der Waals surface area (Å²) in [5.41, 5.74) is 1.52. The van der Waals surface area contributed by atoms with Crippen LogP contribution < -0.4 is 5.32 Å². The number of hydrogen-bond donors (Lipinski definition) is 2. The molecule has 24 heavy (non-hydrogen) atoms. The number of hydrogen-bond acceptors (Lipinski definition) is 4. The number of halogens is 1. The summed E-state index contributed by atoms with van der Waals surface area (Å²) in [5, 5.41) is 23.4. The van der Waals surface area contributed by atoms with Gasteiger partial charge in [-0.25, -0.2) is 0 Å². The fourth-order valence-corrected chi connectivity index (χ4v) is 2.34. The summed E-state index contributed by atoms with van der Waals surface area (Å²) < 4.78 is 0. The summed E-state index contributed by atoms with van der Waals surface area (Å²) in [7, 11) is 0. The SMILES string of the molecule is C=C(c1ccccc1Cl)c1cc([N+](=O)[O-])ccc1NC(=O)C(C)O. The molecule has 0 saturated carbocycles. The van der Waals surface area contributed by atoms with Crippen LogP contribution in [-0.4, -0.2) is 22.0 Å². The molecule has 124 valence electrons. The van der Waals surface area contributed by atoms with Crippen molar-refractivity contribution in [3.63, 3.8) is 0 Å². The first-order valence-corrected chi connectivity index (χ1v) is 7.40. The largest absolute Gasteiger partial charge is 0.384 e. The van der Waals surface area contributed by atoms with Crippen LogP contribution in [0.1, 0.15) is 18.1 Å². The molecule has 2 aromatic carbocycles. The van der Waals surface area contributed by atoms with Crippen molar-refractivity contribution in [3.8, 4) is 0 Å². The summed E-state index contributed by atoms with van der Waals surface area (Å²) in [5.74, 6) is -0.628. The zero-order chi connectivity index (χ0) is 17.9. The summed E-state index contributed by atoms with van der Waals surface area (Å²) in [4.78, 5) is 22.3. The molecule has 0 fully saturated rings. The summed E-state index contributed by atoms with van der Waals surface area (Å²) in [6.45, 7) is 5.27. The van der Waals surface area contributed by atoms with Crippen molar-refractivity contribution in [1.82, 2.24) is 0 Å². The highest BCUT2D eigenvalue weighted by Crippen LogP contribution is 2.34. The molecule has 0 aliphatic heterocycles. The topological polar surface area (TPSA) is 92.5 Å². The molecular formula is C17H15ClN2O4. The van der Waals surface area contributed by atoms with Crippen LogP contribution in [0.2, 0.25) is 5.02 Å². The number of anilines is 1. The van der Waals surface area contributed by atoms with Crippen LogP contribution >= 0.6 is 11.6 Å². The number of nitrogens with one attached hydrogen (secondary N) is 1. The molecule has 0 aromatic heterocycles. The number of nitro groups is 1. The standard InChI is InChI=1S/C17H15ClN2O4/c1-10(13-5-3-4-6-15(13)18)14-9-12(20(23)24)7-8-16(14)19-17(22)11(2)21/h3-9,11,21H,1H2,2H3,(H,19,22). The van der Waals surface area contributed by atoms with Crippen LogP contribution in [0.4, 0.5) is 11.4 Å². The van der Waals surface area contributed by atoms with Crippen molar-refractivity contribution in [2.75, 3.05) is 5.32 Å². The molecule has 2 aromatic rings. The molecule has 0 aliphatic carbocycles. The molecule has 2 rings (SSSR count). The Labute approximate surface area is 143 Å². The van der Waals surface area contributed by atoms with Gasteiger partial charge < -0.3 is 10.4 Å². The molecule has 1 atom stereocenters. The maximum Gasteiger partial charge on any atom is 0.270 e. The van der Waals surface area contributed by atoms with Gasteiger partial charge in [0, 0.05) is 34.0 Å². The maximum atomic E-state index is 11.8. The highest BCUT2D eigenvalue weighted by atomic mass is 35.5. The Morgan fingerprint density at radius 1 is 1.29 bits per heavy atom. The highest BCUT2D eigenvalue weighted by Gasteiger charge is 2.18. The van der Waals surface area contributed by atoms with Gasteiger partial charge >= 0.3 is 0 Å². The van der Waals surface area contributed by atoms with Crippen molar-refractivity contribution in [3.05, 3.63) is 75.3 Å². The number of aliphatic hydroxyl groups is 1. The zero-order valence-electron chi connectivity index (χ0n) is 12.8. The second-order valence-corrected chi connectivity index (χ2v) is 5.52. The van der Waals surface area contributed by atoms with Gasteiger partial charge in [0.15, 0.2) is 0 Å². The lowest BCUT2D eigenvalue weighted by Crippen LogP contribution is -2.25. The van der Waals surface area contributed by atoms with Crippen molar-refractivity contribution < 1.29 is 14.8 Å². The fraction of sp³-hybridized carbons (Fsp3) is 0.118. The van der Waals surface area contributed by atoms with E-state index in [2.05, 4.69) is 11.9 Å². The van der Waals surface area contributed by atoms with Gasteiger partial charge in [0.05, 0.1) is 4.92 Å². The van der Waals surface area contributed by atoms with Gasteiger partial charge in [-0.3, -0.25) is 14.9 Å². The lowest BCUT2D eigenvalue weighted by molar-refractivity contribution is -0.384. The van der Waals surface area contributed by atoms with Crippen LogP contribution in [0, 0.1) is 10.1 Å². The Morgan fingerprint density at radius 2 is 1.96 bits per heavy atom. The van der Waals surface area contributed by atoms with Crippen LogP contribution in [0.15, 0.2) is 49.0 Å². The van der Waals surface area contributed by atoms with E-state index in [0.29, 0.717) is 27.4 Å². The number of nitro benzene ring substituents is 1. The van der Waals surface area contributed by atoms with Crippen LogP contribution in [0.5, 0.6) is 0 Å². The zero-order valence-corrected chi connectivity index (χ0v) is 13.6. The van der Waals surface area contributed by atoms with Gasteiger partial charge in [-0.1, -0.05) is 36.4 Å². The third kappa shape index (κ3) is 3.79. The van der Waals surface area contributed by atoms with E-state index < -0.39 is 16.9 Å². The minimum Gasteiger partial charge on any atom is -0.384 e. The van der Waals surface area contributed by atoms with E-state index in [1.165, 1.54) is 25.1 Å². The minimum atomic E-state index is -1.22. The van der Waals surface area contributed by atoms with Gasteiger partial charge in [-0.05, 0) is 24.6 Å².